The van der Waals surface area contributed by atoms with E-state index in [1.165, 1.54) is 44.2 Å². The molecule has 0 bridgehead atoms. The Morgan fingerprint density at radius 2 is 1.76 bits per heavy atom. The molecule has 0 spiro atoms. The second-order valence-electron chi connectivity index (χ2n) is 7.89. The van der Waals surface area contributed by atoms with E-state index in [0.717, 1.165) is 29.3 Å². The number of aryl methyl sites for hydroxylation is 1. The van der Waals surface area contributed by atoms with Gasteiger partial charge in [0.25, 0.3) is 0 Å². The third-order valence-electron chi connectivity index (χ3n) is 5.92. The zero-order valence-corrected chi connectivity index (χ0v) is 16.3. The molecule has 0 aliphatic heterocycles. The number of nitrogen functional groups attached to an aromatic ring is 1. The van der Waals surface area contributed by atoms with Crippen molar-refractivity contribution in [1.82, 2.24) is 29.9 Å². The Bertz CT molecular complexity index is 1070. The van der Waals surface area contributed by atoms with Gasteiger partial charge < -0.3 is 5.73 Å². The van der Waals surface area contributed by atoms with Crippen molar-refractivity contribution in [3.05, 3.63) is 53.6 Å². The first-order valence-corrected chi connectivity index (χ1v) is 10.3. The van der Waals surface area contributed by atoms with Gasteiger partial charge in [-0.2, -0.15) is 10.2 Å². The molecule has 2 aliphatic carbocycles. The fourth-order valence-electron chi connectivity index (χ4n) is 4.49. The number of nitrogens with zero attached hydrogens (tertiary/aromatic N) is 6. The molecule has 0 radical (unpaired) electrons. The van der Waals surface area contributed by atoms with Gasteiger partial charge in [-0.05, 0) is 43.6 Å². The predicted molar refractivity (Wildman–Crippen MR) is 109 cm³/mol. The van der Waals surface area contributed by atoms with E-state index in [9.17, 15) is 0 Å². The summed E-state index contributed by atoms with van der Waals surface area (Å²) in [5.41, 5.74) is 10.1. The Morgan fingerprint density at radius 3 is 2.59 bits per heavy atom. The summed E-state index contributed by atoms with van der Waals surface area (Å²) < 4.78 is 0. The minimum Gasteiger partial charge on any atom is -0.396 e. The zero-order valence-electron chi connectivity index (χ0n) is 16.3. The monoisotopic (exact) mass is 385 g/mol. The second-order valence-corrected chi connectivity index (χ2v) is 7.89. The van der Waals surface area contributed by atoms with Crippen LogP contribution in [0.1, 0.15) is 67.2 Å². The number of rotatable bonds is 2. The van der Waals surface area contributed by atoms with E-state index in [2.05, 4.69) is 26.8 Å². The van der Waals surface area contributed by atoms with Gasteiger partial charge in [-0.1, -0.05) is 25.2 Å². The molecule has 0 aromatic carbocycles. The van der Waals surface area contributed by atoms with Crippen molar-refractivity contribution in [2.45, 2.75) is 50.9 Å². The Labute approximate surface area is 169 Å². The third kappa shape index (κ3) is 3.70. The molecule has 7 heteroatoms. The normalized spacial score (nSPS) is 18.8. The van der Waals surface area contributed by atoms with E-state index in [1.807, 2.05) is 6.07 Å². The van der Waals surface area contributed by atoms with E-state index >= 15 is 0 Å². The largest absolute Gasteiger partial charge is 0.396 e. The highest BCUT2D eigenvalue weighted by atomic mass is 15.5. The van der Waals surface area contributed by atoms with Crippen LogP contribution in [0, 0.1) is 17.8 Å². The molecule has 0 saturated heterocycles. The summed E-state index contributed by atoms with van der Waals surface area (Å²) in [4.78, 5) is 14.2. The van der Waals surface area contributed by atoms with Gasteiger partial charge >= 0.3 is 0 Å². The molecule has 3 aromatic heterocycles. The summed E-state index contributed by atoms with van der Waals surface area (Å²) in [7, 11) is 0. The summed E-state index contributed by atoms with van der Waals surface area (Å²) in [5.74, 6) is 7.75. The highest BCUT2D eigenvalue weighted by Crippen LogP contribution is 2.42. The molecule has 7 nitrogen and oxygen atoms in total. The maximum absolute atomic E-state index is 5.61. The van der Waals surface area contributed by atoms with Crippen molar-refractivity contribution in [3.63, 3.8) is 0 Å². The summed E-state index contributed by atoms with van der Waals surface area (Å²) in [6.07, 6.45) is 15.6. The summed E-state index contributed by atoms with van der Waals surface area (Å²) in [6.45, 7) is 0. The van der Waals surface area contributed by atoms with Crippen molar-refractivity contribution in [2.24, 2.45) is 5.92 Å². The summed E-state index contributed by atoms with van der Waals surface area (Å²) in [6, 6.07) is 1.95. The molecule has 1 atom stereocenters. The Hall–Kier alpha value is -3.27. The fraction of sp³-hybridized carbons (Fsp3) is 0.409. The molecule has 146 valence electrons. The molecular weight excluding hydrogens is 362 g/mol. The minimum absolute atomic E-state index is 0.427. The first-order valence-electron chi connectivity index (χ1n) is 10.3. The van der Waals surface area contributed by atoms with Crippen LogP contribution < -0.4 is 5.73 Å². The highest BCUT2D eigenvalue weighted by Gasteiger charge is 2.34. The number of fused-ring (bicyclic) bond motifs is 1. The SMILES string of the molecule is Nc1cnc(C#Cc2cncc(-n3nc4c(n3)C(C3CCCCC3)CC4)c2)nc1. The summed E-state index contributed by atoms with van der Waals surface area (Å²) in [5, 5.41) is 9.62. The molecule has 1 unspecified atom stereocenters. The van der Waals surface area contributed by atoms with Gasteiger partial charge in [0, 0.05) is 17.7 Å². The van der Waals surface area contributed by atoms with Crippen LogP contribution in [0.4, 0.5) is 5.69 Å². The van der Waals surface area contributed by atoms with Crippen LogP contribution in [0.15, 0.2) is 30.9 Å². The van der Waals surface area contributed by atoms with E-state index < -0.39 is 0 Å². The number of anilines is 1. The molecule has 1 saturated carbocycles. The lowest BCUT2D eigenvalue weighted by Crippen LogP contribution is -2.15. The van der Waals surface area contributed by atoms with E-state index in [-0.39, 0.29) is 0 Å². The standard InChI is InChI=1S/C22H23N7/c23-17-12-25-21(26-13-17)9-6-15-10-18(14-24-11-15)29-27-20-8-7-19(22(20)28-29)16-4-2-1-3-5-16/h10-14,16,19H,1-5,7-8,23H2. The van der Waals surface area contributed by atoms with Crippen molar-refractivity contribution in [1.29, 1.82) is 0 Å². The number of hydrogen-bond donors (Lipinski definition) is 1. The Balaban J connectivity index is 1.39. The van der Waals surface area contributed by atoms with Crippen LogP contribution in [0.5, 0.6) is 0 Å². The highest BCUT2D eigenvalue weighted by molar-refractivity contribution is 5.43. The van der Waals surface area contributed by atoms with E-state index in [1.54, 1.807) is 29.6 Å². The number of aromatic nitrogens is 6. The maximum atomic E-state index is 5.61. The lowest BCUT2D eigenvalue weighted by atomic mass is 9.79. The lowest BCUT2D eigenvalue weighted by Gasteiger charge is -2.26. The minimum atomic E-state index is 0.427. The van der Waals surface area contributed by atoms with Crippen LogP contribution in [0.3, 0.4) is 0 Å². The van der Waals surface area contributed by atoms with Gasteiger partial charge in [-0.25, -0.2) is 9.97 Å². The molecular formula is C22H23N7. The first kappa shape index (κ1) is 17.8. The molecule has 2 aliphatic rings. The average molecular weight is 385 g/mol. The smallest absolute Gasteiger partial charge is 0.205 e. The van der Waals surface area contributed by atoms with Crippen molar-refractivity contribution >= 4 is 5.69 Å². The lowest BCUT2D eigenvalue weighted by molar-refractivity contribution is 0.298. The Kier molecular flexibility index (Phi) is 4.68. The van der Waals surface area contributed by atoms with Crippen molar-refractivity contribution in [3.8, 4) is 17.5 Å². The van der Waals surface area contributed by atoms with Crippen LogP contribution in [0.25, 0.3) is 5.69 Å². The number of pyridine rings is 1. The molecule has 0 amide bonds. The van der Waals surface area contributed by atoms with Gasteiger partial charge in [0.15, 0.2) is 0 Å². The van der Waals surface area contributed by atoms with Crippen LogP contribution in [0.2, 0.25) is 0 Å². The van der Waals surface area contributed by atoms with E-state index in [0.29, 0.717) is 17.4 Å². The third-order valence-corrected chi connectivity index (χ3v) is 5.92. The molecule has 1 fully saturated rings. The van der Waals surface area contributed by atoms with Crippen LogP contribution in [-0.2, 0) is 6.42 Å². The first-order chi connectivity index (χ1) is 14.3. The number of nitrogens with two attached hydrogens (primary N) is 1. The zero-order chi connectivity index (χ0) is 19.6. The van der Waals surface area contributed by atoms with Gasteiger partial charge in [0.1, 0.15) is 5.69 Å². The molecule has 3 heterocycles. The maximum Gasteiger partial charge on any atom is 0.205 e. The second kappa shape index (κ2) is 7.63. The molecule has 5 rings (SSSR count). The number of hydrogen-bond acceptors (Lipinski definition) is 6. The molecule has 3 aromatic rings. The van der Waals surface area contributed by atoms with Gasteiger partial charge in [0.2, 0.25) is 5.82 Å². The quantitative estimate of drug-likeness (QED) is 0.681. The molecule has 2 N–H and O–H groups in total. The fourth-order valence-corrected chi connectivity index (χ4v) is 4.49. The molecule has 29 heavy (non-hydrogen) atoms. The van der Waals surface area contributed by atoms with E-state index in [4.69, 9.17) is 15.9 Å². The van der Waals surface area contributed by atoms with Gasteiger partial charge in [-0.15, -0.1) is 4.80 Å². The topological polar surface area (TPSA) is 95.4 Å². The van der Waals surface area contributed by atoms with Crippen molar-refractivity contribution in [2.75, 3.05) is 5.73 Å². The van der Waals surface area contributed by atoms with Crippen LogP contribution >= 0.6 is 0 Å². The van der Waals surface area contributed by atoms with Gasteiger partial charge in [-0.3, -0.25) is 4.98 Å². The Morgan fingerprint density at radius 1 is 0.931 bits per heavy atom. The average Bonchev–Trinajstić information content (AvgIpc) is 3.35. The van der Waals surface area contributed by atoms with Crippen LogP contribution in [-0.4, -0.2) is 29.9 Å². The van der Waals surface area contributed by atoms with Crippen molar-refractivity contribution < 1.29 is 0 Å². The summed E-state index contributed by atoms with van der Waals surface area (Å²) >= 11 is 0. The van der Waals surface area contributed by atoms with Gasteiger partial charge in [0.05, 0.1) is 35.7 Å². The predicted octanol–water partition coefficient (Wildman–Crippen LogP) is 3.04.